The minimum absolute atomic E-state index is 0.145. The SMILES string of the molecule is C[C@H](N)c1ccc(OCCC2CCC2)c(F)c1. The fraction of sp³-hybridized carbons (Fsp3) is 0.571. The lowest BCUT2D eigenvalue weighted by atomic mass is 9.83. The quantitative estimate of drug-likeness (QED) is 0.851. The summed E-state index contributed by atoms with van der Waals surface area (Å²) >= 11 is 0. The minimum Gasteiger partial charge on any atom is -0.491 e. The summed E-state index contributed by atoms with van der Waals surface area (Å²) in [5, 5.41) is 0. The van der Waals surface area contributed by atoms with Gasteiger partial charge < -0.3 is 10.5 Å². The Morgan fingerprint density at radius 1 is 1.47 bits per heavy atom. The molecular weight excluding hydrogens is 217 g/mol. The number of nitrogens with two attached hydrogens (primary N) is 1. The lowest BCUT2D eigenvalue weighted by Crippen LogP contribution is -2.14. The van der Waals surface area contributed by atoms with Gasteiger partial charge in [-0.1, -0.05) is 25.3 Å². The van der Waals surface area contributed by atoms with Crippen LogP contribution in [0.15, 0.2) is 18.2 Å². The Morgan fingerprint density at radius 2 is 2.24 bits per heavy atom. The van der Waals surface area contributed by atoms with Crippen LogP contribution in [0.4, 0.5) is 4.39 Å². The third kappa shape index (κ3) is 3.19. The highest BCUT2D eigenvalue weighted by atomic mass is 19.1. The average Bonchev–Trinajstić information content (AvgIpc) is 2.23. The van der Waals surface area contributed by atoms with E-state index in [1.165, 1.54) is 25.3 Å². The van der Waals surface area contributed by atoms with Gasteiger partial charge in [0.25, 0.3) is 0 Å². The summed E-state index contributed by atoms with van der Waals surface area (Å²) in [5.41, 5.74) is 6.49. The first kappa shape index (κ1) is 12.4. The van der Waals surface area contributed by atoms with Crippen molar-refractivity contribution in [2.45, 2.75) is 38.6 Å². The summed E-state index contributed by atoms with van der Waals surface area (Å²) in [4.78, 5) is 0. The van der Waals surface area contributed by atoms with Crippen molar-refractivity contribution in [3.05, 3.63) is 29.6 Å². The summed E-state index contributed by atoms with van der Waals surface area (Å²) in [6, 6.07) is 4.82. The number of halogens is 1. The summed E-state index contributed by atoms with van der Waals surface area (Å²) in [5.74, 6) is 0.823. The van der Waals surface area contributed by atoms with E-state index in [9.17, 15) is 4.39 Å². The van der Waals surface area contributed by atoms with E-state index in [0.29, 0.717) is 12.4 Å². The van der Waals surface area contributed by atoms with E-state index in [1.807, 2.05) is 13.0 Å². The summed E-state index contributed by atoms with van der Waals surface area (Å²) in [6.07, 6.45) is 4.97. The van der Waals surface area contributed by atoms with E-state index >= 15 is 0 Å². The molecule has 17 heavy (non-hydrogen) atoms. The van der Waals surface area contributed by atoms with Crippen molar-refractivity contribution in [1.29, 1.82) is 0 Å². The molecule has 1 aliphatic carbocycles. The third-order valence-corrected chi connectivity index (χ3v) is 3.49. The molecule has 0 unspecified atom stereocenters. The standard InChI is InChI=1S/C14H20FNO/c1-10(16)12-5-6-14(13(15)9-12)17-8-7-11-3-2-4-11/h5-6,9-11H,2-4,7-8,16H2,1H3/t10-/m0/s1. The highest BCUT2D eigenvalue weighted by molar-refractivity contribution is 5.30. The van der Waals surface area contributed by atoms with Gasteiger partial charge in [-0.2, -0.15) is 0 Å². The molecule has 1 fully saturated rings. The maximum atomic E-state index is 13.7. The molecule has 3 heteroatoms. The Bertz CT molecular complexity index is 374. The van der Waals surface area contributed by atoms with Gasteiger partial charge in [0.05, 0.1) is 6.61 Å². The Morgan fingerprint density at radius 3 is 2.76 bits per heavy atom. The molecule has 0 heterocycles. The van der Waals surface area contributed by atoms with E-state index in [2.05, 4.69) is 0 Å². The molecule has 1 aliphatic rings. The average molecular weight is 237 g/mol. The highest BCUT2D eigenvalue weighted by Gasteiger charge is 2.17. The topological polar surface area (TPSA) is 35.2 Å². The maximum absolute atomic E-state index is 13.7. The third-order valence-electron chi connectivity index (χ3n) is 3.49. The first-order valence-electron chi connectivity index (χ1n) is 6.34. The minimum atomic E-state index is -0.312. The second-order valence-electron chi connectivity index (χ2n) is 4.91. The monoisotopic (exact) mass is 237 g/mol. The summed E-state index contributed by atoms with van der Waals surface area (Å²) in [7, 11) is 0. The molecule has 0 radical (unpaired) electrons. The van der Waals surface area contributed by atoms with Crippen molar-refractivity contribution in [1.82, 2.24) is 0 Å². The predicted molar refractivity (Wildman–Crippen MR) is 66.5 cm³/mol. The number of hydrogen-bond donors (Lipinski definition) is 1. The molecule has 1 saturated carbocycles. The number of rotatable bonds is 5. The molecule has 1 atom stereocenters. The largest absolute Gasteiger partial charge is 0.491 e. The smallest absolute Gasteiger partial charge is 0.165 e. The molecule has 1 aromatic rings. The van der Waals surface area contributed by atoms with Gasteiger partial charge in [0, 0.05) is 6.04 Å². The van der Waals surface area contributed by atoms with Crippen LogP contribution in [0.3, 0.4) is 0 Å². The normalized spacial score (nSPS) is 17.6. The molecule has 0 spiro atoms. The van der Waals surface area contributed by atoms with Crippen LogP contribution in [0.2, 0.25) is 0 Å². The Hall–Kier alpha value is -1.09. The second kappa shape index (κ2) is 5.50. The molecule has 94 valence electrons. The van der Waals surface area contributed by atoms with Crippen LogP contribution in [-0.4, -0.2) is 6.61 Å². The van der Waals surface area contributed by atoms with Crippen LogP contribution in [0.25, 0.3) is 0 Å². The van der Waals surface area contributed by atoms with Gasteiger partial charge in [-0.25, -0.2) is 4.39 Å². The van der Waals surface area contributed by atoms with Crippen molar-refractivity contribution in [3.63, 3.8) is 0 Å². The zero-order valence-electron chi connectivity index (χ0n) is 10.3. The van der Waals surface area contributed by atoms with Crippen molar-refractivity contribution in [2.24, 2.45) is 11.7 Å². The molecule has 0 aromatic heterocycles. The zero-order valence-corrected chi connectivity index (χ0v) is 10.3. The van der Waals surface area contributed by atoms with Crippen LogP contribution >= 0.6 is 0 Å². The van der Waals surface area contributed by atoms with Gasteiger partial charge in [-0.05, 0) is 37.0 Å². The van der Waals surface area contributed by atoms with E-state index < -0.39 is 0 Å². The van der Waals surface area contributed by atoms with Crippen LogP contribution in [0.5, 0.6) is 5.75 Å². The number of benzene rings is 1. The van der Waals surface area contributed by atoms with Crippen LogP contribution in [0, 0.1) is 11.7 Å². The van der Waals surface area contributed by atoms with Gasteiger partial charge in [-0.3, -0.25) is 0 Å². The summed E-state index contributed by atoms with van der Waals surface area (Å²) in [6.45, 7) is 2.45. The first-order chi connectivity index (χ1) is 8.16. The van der Waals surface area contributed by atoms with Crippen LogP contribution in [-0.2, 0) is 0 Å². The van der Waals surface area contributed by atoms with E-state index in [4.69, 9.17) is 10.5 Å². The fourth-order valence-corrected chi connectivity index (χ4v) is 2.03. The Balaban J connectivity index is 1.87. The Kier molecular flexibility index (Phi) is 4.00. The van der Waals surface area contributed by atoms with Crippen molar-refractivity contribution in [2.75, 3.05) is 6.61 Å². The maximum Gasteiger partial charge on any atom is 0.165 e. The van der Waals surface area contributed by atoms with E-state index in [0.717, 1.165) is 17.9 Å². The lowest BCUT2D eigenvalue weighted by molar-refractivity contribution is 0.216. The fourth-order valence-electron chi connectivity index (χ4n) is 2.03. The van der Waals surface area contributed by atoms with Gasteiger partial charge in [-0.15, -0.1) is 0 Å². The molecule has 0 saturated heterocycles. The van der Waals surface area contributed by atoms with Crippen LogP contribution < -0.4 is 10.5 Å². The van der Waals surface area contributed by atoms with Gasteiger partial charge >= 0.3 is 0 Å². The van der Waals surface area contributed by atoms with E-state index in [1.54, 1.807) is 6.07 Å². The molecule has 2 N–H and O–H groups in total. The molecule has 2 nitrogen and oxygen atoms in total. The first-order valence-corrected chi connectivity index (χ1v) is 6.34. The van der Waals surface area contributed by atoms with Crippen molar-refractivity contribution in [3.8, 4) is 5.75 Å². The second-order valence-corrected chi connectivity index (χ2v) is 4.91. The number of hydrogen-bond acceptors (Lipinski definition) is 2. The molecule has 2 rings (SSSR count). The molecule has 0 amide bonds. The Labute approximate surface area is 102 Å². The van der Waals surface area contributed by atoms with Crippen LogP contribution in [0.1, 0.15) is 44.2 Å². The van der Waals surface area contributed by atoms with Gasteiger partial charge in [0.1, 0.15) is 0 Å². The van der Waals surface area contributed by atoms with Crippen molar-refractivity contribution < 1.29 is 9.13 Å². The lowest BCUT2D eigenvalue weighted by Gasteiger charge is -2.25. The van der Waals surface area contributed by atoms with Gasteiger partial charge in [0.2, 0.25) is 0 Å². The molecule has 0 bridgehead atoms. The van der Waals surface area contributed by atoms with Gasteiger partial charge in [0.15, 0.2) is 11.6 Å². The summed E-state index contributed by atoms with van der Waals surface area (Å²) < 4.78 is 19.1. The molecule has 0 aliphatic heterocycles. The van der Waals surface area contributed by atoms with Crippen molar-refractivity contribution >= 4 is 0 Å². The molecule has 1 aromatic carbocycles. The molecular formula is C14H20FNO. The number of ether oxygens (including phenoxy) is 1. The highest BCUT2D eigenvalue weighted by Crippen LogP contribution is 2.29. The van der Waals surface area contributed by atoms with E-state index in [-0.39, 0.29) is 11.9 Å². The predicted octanol–water partition coefficient (Wildman–Crippen LogP) is 3.41. The zero-order chi connectivity index (χ0) is 12.3.